The molecule has 2 rings (SSSR count). The van der Waals surface area contributed by atoms with Gasteiger partial charge in [0, 0.05) is 18.2 Å². The first-order chi connectivity index (χ1) is 9.26. The second kappa shape index (κ2) is 5.77. The van der Waals surface area contributed by atoms with E-state index in [9.17, 15) is 5.11 Å². The molecule has 0 atom stereocenters. The Labute approximate surface area is 111 Å². The number of rotatable bonds is 2. The number of phenolic OH excluding ortho intramolecular Hbond substituents is 1. The summed E-state index contributed by atoms with van der Waals surface area (Å²) in [6, 6.07) is 14.7. The molecule has 0 fully saturated rings. The zero-order valence-electron chi connectivity index (χ0n) is 10.5. The fourth-order valence-electron chi connectivity index (χ4n) is 1.83. The van der Waals surface area contributed by atoms with Crippen molar-refractivity contribution in [2.75, 3.05) is 7.05 Å². The van der Waals surface area contributed by atoms with Gasteiger partial charge in [-0.2, -0.15) is 0 Å². The molecule has 0 unspecified atom stereocenters. The Bertz CT molecular complexity index is 635. The van der Waals surface area contributed by atoms with E-state index in [-0.39, 0.29) is 5.75 Å². The molecule has 0 saturated heterocycles. The highest BCUT2D eigenvalue weighted by Crippen LogP contribution is 2.29. The molecule has 2 aromatic rings. The zero-order chi connectivity index (χ0) is 13.7. The molecule has 3 N–H and O–H groups in total. The van der Waals surface area contributed by atoms with Gasteiger partial charge in [0.2, 0.25) is 0 Å². The summed E-state index contributed by atoms with van der Waals surface area (Å²) in [5.74, 6) is 5.73. The Morgan fingerprint density at radius 2 is 1.89 bits per heavy atom. The number of nitrogens with two attached hydrogens (primary N) is 1. The minimum atomic E-state index is 0.232. The molecule has 0 bridgehead atoms. The number of hydrogen-bond donors (Lipinski definition) is 2. The van der Waals surface area contributed by atoms with Crippen molar-refractivity contribution < 1.29 is 5.11 Å². The Kier molecular flexibility index (Phi) is 3.87. The Hall–Kier alpha value is -2.69. The number of para-hydroxylation sites is 1. The predicted octanol–water partition coefficient (Wildman–Crippen LogP) is 2.76. The monoisotopic (exact) mass is 254 g/mol. The van der Waals surface area contributed by atoms with Crippen molar-refractivity contribution in [2.24, 2.45) is 21.2 Å². The van der Waals surface area contributed by atoms with Gasteiger partial charge in [0.1, 0.15) is 5.75 Å². The Morgan fingerprint density at radius 1 is 1.11 bits per heavy atom. The van der Waals surface area contributed by atoms with Crippen LogP contribution in [-0.2, 0) is 0 Å². The van der Waals surface area contributed by atoms with Gasteiger partial charge in [-0.3, -0.25) is 4.99 Å². The standard InChI is InChI=1S/C14H14N4O/c1-16-14(17-18-15)11-6-4-5-10(9-11)12-7-2-3-8-13(12)19/h2-9,19H,1H3,(H2,15,16,17). The zero-order valence-corrected chi connectivity index (χ0v) is 10.5. The van der Waals surface area contributed by atoms with Crippen molar-refractivity contribution in [3.8, 4) is 16.9 Å². The molecule has 5 heteroatoms. The fraction of sp³-hybridized carbons (Fsp3) is 0.0714. The summed E-state index contributed by atoms with van der Waals surface area (Å²) in [5, 5.41) is 16.9. The summed E-state index contributed by atoms with van der Waals surface area (Å²) in [5.41, 5.74) is 2.42. The molecule has 0 saturated carbocycles. The molecule has 2 aromatic carbocycles. The molecule has 0 aliphatic carbocycles. The van der Waals surface area contributed by atoms with E-state index >= 15 is 0 Å². The SMILES string of the molecule is CN=C(N=NN)c1cccc(-c2ccccc2O)c1. The number of phenols is 1. The first-order valence-electron chi connectivity index (χ1n) is 5.72. The van der Waals surface area contributed by atoms with Crippen LogP contribution in [0.5, 0.6) is 5.75 Å². The van der Waals surface area contributed by atoms with Crippen LogP contribution in [-0.4, -0.2) is 18.0 Å². The normalized spacial score (nSPS) is 11.9. The summed E-state index contributed by atoms with van der Waals surface area (Å²) in [7, 11) is 1.62. The van der Waals surface area contributed by atoms with Crippen LogP contribution >= 0.6 is 0 Å². The van der Waals surface area contributed by atoms with Crippen molar-refractivity contribution >= 4 is 5.84 Å². The van der Waals surface area contributed by atoms with Gasteiger partial charge in [0.25, 0.3) is 0 Å². The minimum absolute atomic E-state index is 0.232. The minimum Gasteiger partial charge on any atom is -0.507 e. The first kappa shape index (κ1) is 12.8. The van der Waals surface area contributed by atoms with E-state index in [1.165, 1.54) is 0 Å². The van der Waals surface area contributed by atoms with E-state index in [0.717, 1.165) is 16.7 Å². The summed E-state index contributed by atoms with van der Waals surface area (Å²) in [6.45, 7) is 0. The third-order valence-corrected chi connectivity index (χ3v) is 2.70. The first-order valence-corrected chi connectivity index (χ1v) is 5.72. The number of nitrogens with zero attached hydrogens (tertiary/aromatic N) is 3. The second-order valence-corrected chi connectivity index (χ2v) is 3.86. The topological polar surface area (TPSA) is 83.3 Å². The van der Waals surface area contributed by atoms with Crippen LogP contribution in [0.15, 0.2) is 63.9 Å². The molecular formula is C14H14N4O. The Balaban J connectivity index is 2.48. The maximum atomic E-state index is 9.86. The summed E-state index contributed by atoms with van der Waals surface area (Å²) < 4.78 is 0. The van der Waals surface area contributed by atoms with Crippen LogP contribution in [0, 0.1) is 0 Å². The van der Waals surface area contributed by atoms with Gasteiger partial charge in [-0.1, -0.05) is 41.6 Å². The van der Waals surface area contributed by atoms with E-state index in [2.05, 4.69) is 15.3 Å². The highest BCUT2D eigenvalue weighted by atomic mass is 16.3. The lowest BCUT2D eigenvalue weighted by atomic mass is 10.0. The van der Waals surface area contributed by atoms with Crippen molar-refractivity contribution in [2.45, 2.75) is 0 Å². The summed E-state index contributed by atoms with van der Waals surface area (Å²) in [4.78, 5) is 4.02. The lowest BCUT2D eigenvalue weighted by Gasteiger charge is -2.06. The van der Waals surface area contributed by atoms with Crippen molar-refractivity contribution in [1.82, 2.24) is 0 Å². The van der Waals surface area contributed by atoms with Gasteiger partial charge in [-0.05, 0) is 17.7 Å². The van der Waals surface area contributed by atoms with Gasteiger partial charge in [-0.25, -0.2) is 0 Å². The summed E-state index contributed by atoms with van der Waals surface area (Å²) in [6.07, 6.45) is 0. The van der Waals surface area contributed by atoms with E-state index < -0.39 is 0 Å². The molecular weight excluding hydrogens is 240 g/mol. The predicted molar refractivity (Wildman–Crippen MR) is 75.0 cm³/mol. The fourth-order valence-corrected chi connectivity index (χ4v) is 1.83. The third-order valence-electron chi connectivity index (χ3n) is 2.70. The molecule has 0 aromatic heterocycles. The van der Waals surface area contributed by atoms with Crippen molar-refractivity contribution in [1.29, 1.82) is 0 Å². The highest BCUT2D eigenvalue weighted by Gasteiger charge is 2.06. The van der Waals surface area contributed by atoms with Gasteiger partial charge >= 0.3 is 0 Å². The average molecular weight is 254 g/mol. The van der Waals surface area contributed by atoms with Crippen LogP contribution in [0.25, 0.3) is 11.1 Å². The smallest absolute Gasteiger partial charge is 0.178 e. The molecule has 5 nitrogen and oxygen atoms in total. The maximum Gasteiger partial charge on any atom is 0.178 e. The van der Waals surface area contributed by atoms with Crippen LogP contribution in [0.2, 0.25) is 0 Å². The third kappa shape index (κ3) is 2.77. The van der Waals surface area contributed by atoms with E-state index in [4.69, 9.17) is 5.84 Å². The molecule has 19 heavy (non-hydrogen) atoms. The Morgan fingerprint density at radius 3 is 2.58 bits per heavy atom. The van der Waals surface area contributed by atoms with Crippen LogP contribution in [0.1, 0.15) is 5.56 Å². The van der Waals surface area contributed by atoms with Gasteiger partial charge in [-0.15, -0.1) is 5.11 Å². The molecule has 0 aliphatic rings. The lowest BCUT2D eigenvalue weighted by molar-refractivity contribution is 0.477. The number of aliphatic imine (C=N–C) groups is 1. The molecule has 0 aliphatic heterocycles. The van der Waals surface area contributed by atoms with Crippen LogP contribution in [0.4, 0.5) is 0 Å². The van der Waals surface area contributed by atoms with Gasteiger partial charge in [0.05, 0.1) is 0 Å². The molecule has 0 heterocycles. The average Bonchev–Trinajstić information content (AvgIpc) is 2.45. The van der Waals surface area contributed by atoms with E-state index in [0.29, 0.717) is 5.84 Å². The van der Waals surface area contributed by atoms with Gasteiger partial charge < -0.3 is 10.9 Å². The maximum absolute atomic E-state index is 9.86. The number of amidine groups is 1. The number of aromatic hydroxyl groups is 1. The largest absolute Gasteiger partial charge is 0.507 e. The second-order valence-electron chi connectivity index (χ2n) is 3.86. The molecule has 0 amide bonds. The van der Waals surface area contributed by atoms with Crippen molar-refractivity contribution in [3.05, 3.63) is 54.1 Å². The highest BCUT2D eigenvalue weighted by molar-refractivity contribution is 6.00. The van der Waals surface area contributed by atoms with E-state index in [1.807, 2.05) is 36.4 Å². The van der Waals surface area contributed by atoms with Crippen LogP contribution in [0.3, 0.4) is 0 Å². The quantitative estimate of drug-likeness (QED) is 0.284. The molecule has 0 spiro atoms. The number of hydrogen-bond acceptors (Lipinski definition) is 3. The molecule has 96 valence electrons. The van der Waals surface area contributed by atoms with E-state index in [1.54, 1.807) is 19.2 Å². The summed E-state index contributed by atoms with van der Waals surface area (Å²) >= 11 is 0. The van der Waals surface area contributed by atoms with Crippen molar-refractivity contribution in [3.63, 3.8) is 0 Å². The number of benzene rings is 2. The molecule has 0 radical (unpaired) electrons. The van der Waals surface area contributed by atoms with Gasteiger partial charge in [0.15, 0.2) is 5.84 Å². The lowest BCUT2D eigenvalue weighted by Crippen LogP contribution is -1.97. The van der Waals surface area contributed by atoms with Crippen LogP contribution < -0.4 is 5.84 Å².